The first-order valence-electron chi connectivity index (χ1n) is 4.54. The summed E-state index contributed by atoms with van der Waals surface area (Å²) in [5.74, 6) is -0.228. The number of aliphatic hydroxyl groups is 1. The van der Waals surface area contributed by atoms with E-state index in [1.807, 2.05) is 0 Å². The number of hydrogen-bond donors (Lipinski definition) is 1. The maximum absolute atomic E-state index is 13.5. The Balaban J connectivity index is 3.32. The molecule has 15 heavy (non-hydrogen) atoms. The maximum Gasteiger partial charge on any atom is 0.196 e. The SMILES string of the molecule is COc1cc(C(C)(C)O)cc(F)c1OC. The summed E-state index contributed by atoms with van der Waals surface area (Å²) in [5, 5.41) is 9.73. The Labute approximate surface area is 88.4 Å². The highest BCUT2D eigenvalue weighted by molar-refractivity contribution is 5.45. The molecule has 0 aliphatic heterocycles. The lowest BCUT2D eigenvalue weighted by Gasteiger charge is -2.19. The number of methoxy groups -OCH3 is 2. The predicted molar refractivity (Wildman–Crippen MR) is 54.7 cm³/mol. The molecule has 3 nitrogen and oxygen atoms in total. The van der Waals surface area contributed by atoms with Crippen LogP contribution in [0.1, 0.15) is 19.4 Å². The van der Waals surface area contributed by atoms with Crippen LogP contribution in [0.5, 0.6) is 11.5 Å². The zero-order valence-corrected chi connectivity index (χ0v) is 9.30. The number of ether oxygens (including phenoxy) is 2. The number of hydrogen-bond acceptors (Lipinski definition) is 3. The Morgan fingerprint density at radius 2 is 1.80 bits per heavy atom. The van der Waals surface area contributed by atoms with E-state index in [4.69, 9.17) is 9.47 Å². The van der Waals surface area contributed by atoms with Crippen molar-refractivity contribution in [1.29, 1.82) is 0 Å². The highest BCUT2D eigenvalue weighted by Gasteiger charge is 2.21. The third kappa shape index (κ3) is 2.39. The van der Waals surface area contributed by atoms with Crippen molar-refractivity contribution in [3.8, 4) is 11.5 Å². The summed E-state index contributed by atoms with van der Waals surface area (Å²) >= 11 is 0. The summed E-state index contributed by atoms with van der Waals surface area (Å²) in [7, 11) is 2.79. The van der Waals surface area contributed by atoms with Crippen molar-refractivity contribution in [2.24, 2.45) is 0 Å². The fourth-order valence-corrected chi connectivity index (χ4v) is 1.27. The van der Waals surface area contributed by atoms with Crippen LogP contribution in [0.15, 0.2) is 12.1 Å². The lowest BCUT2D eigenvalue weighted by atomic mass is 9.98. The molecule has 0 aromatic heterocycles. The van der Waals surface area contributed by atoms with Crippen LogP contribution < -0.4 is 9.47 Å². The second kappa shape index (κ2) is 4.06. The first-order chi connectivity index (χ1) is 6.90. The molecule has 0 amide bonds. The van der Waals surface area contributed by atoms with E-state index in [9.17, 15) is 9.50 Å². The molecule has 0 atom stereocenters. The van der Waals surface area contributed by atoms with Crippen molar-refractivity contribution in [3.63, 3.8) is 0 Å². The van der Waals surface area contributed by atoms with Crippen molar-refractivity contribution < 1.29 is 19.0 Å². The summed E-state index contributed by atoms with van der Waals surface area (Å²) in [6.45, 7) is 3.15. The predicted octanol–water partition coefficient (Wildman–Crippen LogP) is 2.07. The zero-order chi connectivity index (χ0) is 11.6. The lowest BCUT2D eigenvalue weighted by Crippen LogP contribution is -2.16. The molecule has 0 fully saturated rings. The molecule has 0 saturated heterocycles. The Hall–Kier alpha value is -1.29. The number of benzene rings is 1. The van der Waals surface area contributed by atoms with Gasteiger partial charge in [0.1, 0.15) is 0 Å². The van der Waals surface area contributed by atoms with Crippen molar-refractivity contribution in [2.45, 2.75) is 19.4 Å². The fourth-order valence-electron chi connectivity index (χ4n) is 1.27. The molecule has 1 aromatic carbocycles. The van der Waals surface area contributed by atoms with Gasteiger partial charge >= 0.3 is 0 Å². The standard InChI is InChI=1S/C11H15FO3/c1-11(2,13)7-5-8(12)10(15-4)9(6-7)14-3/h5-6,13H,1-4H3. The van der Waals surface area contributed by atoms with Gasteiger partial charge in [-0.15, -0.1) is 0 Å². The molecule has 4 heteroatoms. The zero-order valence-electron chi connectivity index (χ0n) is 9.30. The van der Waals surface area contributed by atoms with Gasteiger partial charge in [0.2, 0.25) is 0 Å². The number of halogens is 1. The molecule has 0 radical (unpaired) electrons. The van der Waals surface area contributed by atoms with Crippen molar-refractivity contribution in [1.82, 2.24) is 0 Å². The van der Waals surface area contributed by atoms with Gasteiger partial charge in [-0.2, -0.15) is 0 Å². The Kier molecular flexibility index (Phi) is 3.19. The lowest BCUT2D eigenvalue weighted by molar-refractivity contribution is 0.0778. The van der Waals surface area contributed by atoms with Gasteiger partial charge in [0, 0.05) is 0 Å². The molecule has 0 aliphatic carbocycles. The highest BCUT2D eigenvalue weighted by Crippen LogP contribution is 2.34. The van der Waals surface area contributed by atoms with E-state index in [1.54, 1.807) is 19.9 Å². The Morgan fingerprint density at radius 3 is 2.20 bits per heavy atom. The van der Waals surface area contributed by atoms with Crippen LogP contribution in [-0.2, 0) is 5.60 Å². The van der Waals surface area contributed by atoms with E-state index in [1.165, 1.54) is 20.3 Å². The molecular formula is C11H15FO3. The van der Waals surface area contributed by atoms with Crippen LogP contribution in [0, 0.1) is 5.82 Å². The van der Waals surface area contributed by atoms with Crippen LogP contribution in [0.3, 0.4) is 0 Å². The average molecular weight is 214 g/mol. The Bertz CT molecular complexity index is 356. The number of rotatable bonds is 3. The average Bonchev–Trinajstić information content (AvgIpc) is 2.15. The van der Waals surface area contributed by atoms with Crippen molar-refractivity contribution >= 4 is 0 Å². The monoisotopic (exact) mass is 214 g/mol. The van der Waals surface area contributed by atoms with E-state index in [2.05, 4.69) is 0 Å². The third-order valence-corrected chi connectivity index (χ3v) is 2.14. The smallest absolute Gasteiger partial charge is 0.196 e. The third-order valence-electron chi connectivity index (χ3n) is 2.14. The minimum absolute atomic E-state index is 0.0468. The minimum atomic E-state index is -1.11. The van der Waals surface area contributed by atoms with Crippen LogP contribution in [-0.4, -0.2) is 19.3 Å². The van der Waals surface area contributed by atoms with Gasteiger partial charge in [-0.25, -0.2) is 4.39 Å². The minimum Gasteiger partial charge on any atom is -0.493 e. The molecule has 1 rings (SSSR count). The molecule has 0 unspecified atom stereocenters. The molecule has 1 aromatic rings. The summed E-state index contributed by atoms with van der Waals surface area (Å²) in [6.07, 6.45) is 0. The second-order valence-electron chi connectivity index (χ2n) is 3.75. The van der Waals surface area contributed by atoms with Crippen LogP contribution in [0.25, 0.3) is 0 Å². The van der Waals surface area contributed by atoms with Crippen LogP contribution in [0.2, 0.25) is 0 Å². The maximum atomic E-state index is 13.5. The molecule has 0 spiro atoms. The first kappa shape index (κ1) is 11.8. The Morgan fingerprint density at radius 1 is 1.20 bits per heavy atom. The van der Waals surface area contributed by atoms with Crippen LogP contribution in [0.4, 0.5) is 4.39 Å². The summed E-state index contributed by atoms with van der Waals surface area (Å²) in [6, 6.07) is 2.79. The summed E-state index contributed by atoms with van der Waals surface area (Å²) < 4.78 is 23.3. The van der Waals surface area contributed by atoms with E-state index in [-0.39, 0.29) is 11.5 Å². The summed E-state index contributed by atoms with van der Waals surface area (Å²) in [5.41, 5.74) is -0.668. The van der Waals surface area contributed by atoms with Crippen molar-refractivity contribution in [3.05, 3.63) is 23.5 Å². The molecule has 0 saturated carbocycles. The van der Waals surface area contributed by atoms with Gasteiger partial charge < -0.3 is 14.6 Å². The molecule has 0 heterocycles. The van der Waals surface area contributed by atoms with Gasteiger partial charge in [0.05, 0.1) is 19.8 Å². The van der Waals surface area contributed by atoms with E-state index < -0.39 is 11.4 Å². The van der Waals surface area contributed by atoms with Gasteiger partial charge in [-0.3, -0.25) is 0 Å². The summed E-state index contributed by atoms with van der Waals surface area (Å²) in [4.78, 5) is 0. The van der Waals surface area contributed by atoms with Crippen molar-refractivity contribution in [2.75, 3.05) is 14.2 Å². The quantitative estimate of drug-likeness (QED) is 0.837. The molecular weight excluding hydrogens is 199 g/mol. The van der Waals surface area contributed by atoms with E-state index in [0.29, 0.717) is 5.56 Å². The largest absolute Gasteiger partial charge is 0.493 e. The van der Waals surface area contributed by atoms with Gasteiger partial charge in [-0.1, -0.05) is 0 Å². The molecule has 1 N–H and O–H groups in total. The second-order valence-corrected chi connectivity index (χ2v) is 3.75. The highest BCUT2D eigenvalue weighted by atomic mass is 19.1. The van der Waals surface area contributed by atoms with Gasteiger partial charge in [0.25, 0.3) is 0 Å². The van der Waals surface area contributed by atoms with Crippen LogP contribution >= 0.6 is 0 Å². The fraction of sp³-hybridized carbons (Fsp3) is 0.455. The normalized spacial score (nSPS) is 11.3. The van der Waals surface area contributed by atoms with Gasteiger partial charge in [0.15, 0.2) is 17.3 Å². The van der Waals surface area contributed by atoms with Gasteiger partial charge in [-0.05, 0) is 31.5 Å². The van der Waals surface area contributed by atoms with E-state index in [0.717, 1.165) is 0 Å². The topological polar surface area (TPSA) is 38.7 Å². The molecule has 0 bridgehead atoms. The molecule has 0 aliphatic rings. The van der Waals surface area contributed by atoms with E-state index >= 15 is 0 Å². The first-order valence-corrected chi connectivity index (χ1v) is 4.54. The molecule has 84 valence electrons.